The number of benzene rings is 2. The van der Waals surface area contributed by atoms with Crippen LogP contribution < -0.4 is 10.6 Å². The Hall–Kier alpha value is -1.63. The molecule has 0 radical (unpaired) electrons. The Morgan fingerprint density at radius 3 is 1.81 bits per heavy atom. The van der Waals surface area contributed by atoms with E-state index in [0.717, 1.165) is 10.6 Å². The SMILES string of the molecule is Cc1ccsc1CP(=O)(c1ccccc1)c1ccccc1. The normalized spacial score (nSPS) is 11.5. The zero-order chi connectivity index (χ0) is 14.7. The van der Waals surface area contributed by atoms with E-state index in [9.17, 15) is 4.57 Å². The van der Waals surface area contributed by atoms with E-state index in [-0.39, 0.29) is 0 Å². The molecule has 1 aromatic heterocycles. The third-order valence-electron chi connectivity index (χ3n) is 3.68. The van der Waals surface area contributed by atoms with Gasteiger partial charge < -0.3 is 4.57 Å². The highest BCUT2D eigenvalue weighted by molar-refractivity contribution is 7.78. The molecule has 106 valence electrons. The molecule has 0 saturated heterocycles. The van der Waals surface area contributed by atoms with Crippen molar-refractivity contribution in [1.82, 2.24) is 0 Å². The summed E-state index contributed by atoms with van der Waals surface area (Å²) in [7, 11) is -2.63. The molecule has 0 bridgehead atoms. The van der Waals surface area contributed by atoms with E-state index in [0.29, 0.717) is 6.16 Å². The van der Waals surface area contributed by atoms with Crippen LogP contribution in [0.25, 0.3) is 0 Å². The van der Waals surface area contributed by atoms with Crippen LogP contribution in [0.4, 0.5) is 0 Å². The minimum absolute atomic E-state index is 0.602. The summed E-state index contributed by atoms with van der Waals surface area (Å²) in [5.41, 5.74) is 1.23. The minimum Gasteiger partial charge on any atom is -0.313 e. The van der Waals surface area contributed by atoms with E-state index < -0.39 is 7.14 Å². The third kappa shape index (κ3) is 2.88. The van der Waals surface area contributed by atoms with Gasteiger partial charge in [-0.05, 0) is 23.9 Å². The molecule has 3 heteroatoms. The first-order valence-corrected chi connectivity index (χ1v) is 9.70. The van der Waals surface area contributed by atoms with Crippen LogP contribution in [0.3, 0.4) is 0 Å². The molecule has 0 aliphatic carbocycles. The first-order valence-electron chi connectivity index (χ1n) is 6.93. The average Bonchev–Trinajstić information content (AvgIpc) is 2.94. The van der Waals surface area contributed by atoms with Crippen molar-refractivity contribution in [2.75, 3.05) is 0 Å². The largest absolute Gasteiger partial charge is 0.313 e. The van der Waals surface area contributed by atoms with E-state index in [2.05, 4.69) is 18.4 Å². The lowest BCUT2D eigenvalue weighted by Gasteiger charge is -2.19. The van der Waals surface area contributed by atoms with Crippen LogP contribution >= 0.6 is 18.5 Å². The van der Waals surface area contributed by atoms with E-state index in [4.69, 9.17) is 0 Å². The first-order chi connectivity index (χ1) is 10.2. The molecular formula is C18H17OPS. The van der Waals surface area contributed by atoms with Gasteiger partial charge in [0.2, 0.25) is 0 Å². The Balaban J connectivity index is 2.12. The topological polar surface area (TPSA) is 17.1 Å². The van der Waals surface area contributed by atoms with Crippen molar-refractivity contribution < 1.29 is 4.57 Å². The molecular weight excluding hydrogens is 295 g/mol. The number of aryl methyl sites for hydroxylation is 1. The Morgan fingerprint density at radius 2 is 1.38 bits per heavy atom. The average molecular weight is 312 g/mol. The molecule has 3 aromatic rings. The minimum atomic E-state index is -2.63. The Bertz CT molecular complexity index is 719. The molecule has 0 aliphatic heterocycles. The van der Waals surface area contributed by atoms with E-state index in [1.54, 1.807) is 11.3 Å². The van der Waals surface area contributed by atoms with Gasteiger partial charge in [-0.25, -0.2) is 0 Å². The molecule has 0 unspecified atom stereocenters. The van der Waals surface area contributed by atoms with Crippen molar-refractivity contribution in [3.05, 3.63) is 82.6 Å². The fourth-order valence-electron chi connectivity index (χ4n) is 2.44. The van der Waals surface area contributed by atoms with Crippen molar-refractivity contribution in [2.45, 2.75) is 13.1 Å². The summed E-state index contributed by atoms with van der Waals surface area (Å²) in [6.07, 6.45) is 0.602. The summed E-state index contributed by atoms with van der Waals surface area (Å²) in [4.78, 5) is 1.21. The number of thiophene rings is 1. The highest BCUT2D eigenvalue weighted by Crippen LogP contribution is 2.48. The molecule has 0 amide bonds. The van der Waals surface area contributed by atoms with Crippen molar-refractivity contribution in [1.29, 1.82) is 0 Å². The number of hydrogen-bond acceptors (Lipinski definition) is 2. The van der Waals surface area contributed by atoms with Gasteiger partial charge in [-0.2, -0.15) is 0 Å². The molecule has 0 spiro atoms. The van der Waals surface area contributed by atoms with Crippen molar-refractivity contribution in [3.63, 3.8) is 0 Å². The van der Waals surface area contributed by atoms with Crippen molar-refractivity contribution >= 4 is 29.1 Å². The lowest BCUT2D eigenvalue weighted by molar-refractivity contribution is 0.586. The van der Waals surface area contributed by atoms with Gasteiger partial charge >= 0.3 is 0 Å². The molecule has 1 heterocycles. The highest BCUT2D eigenvalue weighted by atomic mass is 32.1. The Kier molecular flexibility index (Phi) is 4.10. The van der Waals surface area contributed by atoms with Crippen LogP contribution in [0, 0.1) is 6.92 Å². The van der Waals surface area contributed by atoms with Crippen LogP contribution in [-0.4, -0.2) is 0 Å². The maximum Gasteiger partial charge on any atom is 0.148 e. The van der Waals surface area contributed by atoms with Gasteiger partial charge in [0, 0.05) is 21.6 Å². The molecule has 0 N–H and O–H groups in total. The zero-order valence-electron chi connectivity index (χ0n) is 11.9. The molecule has 1 nitrogen and oxygen atoms in total. The van der Waals surface area contributed by atoms with Gasteiger partial charge in [0.05, 0.1) is 0 Å². The Morgan fingerprint density at radius 1 is 0.857 bits per heavy atom. The zero-order valence-corrected chi connectivity index (χ0v) is 13.6. The second kappa shape index (κ2) is 6.01. The predicted octanol–water partition coefficient (Wildman–Crippen LogP) is 4.57. The summed E-state index contributed by atoms with van der Waals surface area (Å²) >= 11 is 1.69. The van der Waals surface area contributed by atoms with Crippen LogP contribution in [0.1, 0.15) is 10.4 Å². The number of hydrogen-bond donors (Lipinski definition) is 0. The van der Waals surface area contributed by atoms with Gasteiger partial charge in [-0.1, -0.05) is 60.7 Å². The lowest BCUT2D eigenvalue weighted by Crippen LogP contribution is -2.17. The maximum absolute atomic E-state index is 13.8. The van der Waals surface area contributed by atoms with E-state index >= 15 is 0 Å². The van der Waals surface area contributed by atoms with Crippen molar-refractivity contribution in [2.24, 2.45) is 0 Å². The number of rotatable bonds is 4. The van der Waals surface area contributed by atoms with Crippen LogP contribution in [0.2, 0.25) is 0 Å². The summed E-state index contributed by atoms with van der Waals surface area (Å²) < 4.78 is 13.8. The lowest BCUT2D eigenvalue weighted by atomic mass is 10.3. The van der Waals surface area contributed by atoms with Crippen LogP contribution in [0.5, 0.6) is 0 Å². The highest BCUT2D eigenvalue weighted by Gasteiger charge is 2.28. The molecule has 3 rings (SSSR count). The summed E-state index contributed by atoms with van der Waals surface area (Å²) in [6.45, 7) is 2.09. The van der Waals surface area contributed by atoms with E-state index in [1.165, 1.54) is 10.4 Å². The monoisotopic (exact) mass is 312 g/mol. The van der Waals surface area contributed by atoms with Gasteiger partial charge in [0.15, 0.2) is 0 Å². The molecule has 0 aliphatic rings. The molecule has 2 aromatic carbocycles. The molecule has 0 saturated carbocycles. The third-order valence-corrected chi connectivity index (χ3v) is 7.94. The predicted molar refractivity (Wildman–Crippen MR) is 92.5 cm³/mol. The fraction of sp³-hybridized carbons (Fsp3) is 0.111. The summed E-state index contributed by atoms with van der Waals surface area (Å²) in [5.74, 6) is 0. The van der Waals surface area contributed by atoms with Crippen molar-refractivity contribution in [3.8, 4) is 0 Å². The maximum atomic E-state index is 13.8. The van der Waals surface area contributed by atoms with Gasteiger partial charge in [-0.3, -0.25) is 0 Å². The molecule has 0 fully saturated rings. The molecule has 21 heavy (non-hydrogen) atoms. The summed E-state index contributed by atoms with van der Waals surface area (Å²) in [5, 5.41) is 3.94. The van der Waals surface area contributed by atoms with Crippen LogP contribution in [0.15, 0.2) is 72.1 Å². The van der Waals surface area contributed by atoms with E-state index in [1.807, 2.05) is 60.7 Å². The Labute approximate surface area is 129 Å². The second-order valence-corrected chi connectivity index (χ2v) is 8.92. The van der Waals surface area contributed by atoms with Gasteiger partial charge in [0.25, 0.3) is 0 Å². The van der Waals surface area contributed by atoms with Gasteiger partial charge in [-0.15, -0.1) is 11.3 Å². The molecule has 0 atom stereocenters. The second-order valence-electron chi connectivity index (χ2n) is 5.10. The quantitative estimate of drug-likeness (QED) is 0.645. The fourth-order valence-corrected chi connectivity index (χ4v) is 6.60. The summed E-state index contributed by atoms with van der Waals surface area (Å²) in [6, 6.07) is 21.8. The van der Waals surface area contributed by atoms with Crippen LogP contribution in [-0.2, 0) is 10.7 Å². The smallest absolute Gasteiger partial charge is 0.148 e. The van der Waals surface area contributed by atoms with Gasteiger partial charge in [0.1, 0.15) is 7.14 Å². The first kappa shape index (κ1) is 14.3. The standard InChI is InChI=1S/C18H17OPS/c1-15-12-13-21-18(15)14-20(19,16-8-4-2-5-9-16)17-10-6-3-7-11-17/h2-13H,14H2,1H3.